The molecule has 0 saturated heterocycles. The molecule has 6 heteroatoms. The van der Waals surface area contributed by atoms with Crippen molar-refractivity contribution in [2.45, 2.75) is 26.7 Å². The second-order valence-electron chi connectivity index (χ2n) is 5.13. The molecule has 0 aromatic carbocycles. The fourth-order valence-corrected chi connectivity index (χ4v) is 3.21. The number of nitrogen functional groups attached to an aromatic ring is 1. The van der Waals surface area contributed by atoms with Gasteiger partial charge >= 0.3 is 5.97 Å². The monoisotopic (exact) mass is 296 g/mol. The molecular formula is C14H20N2O3S. The highest BCUT2D eigenvalue weighted by Crippen LogP contribution is 2.40. The molecule has 1 saturated carbocycles. The van der Waals surface area contributed by atoms with Gasteiger partial charge in [-0.3, -0.25) is 4.79 Å². The third kappa shape index (κ3) is 2.95. The van der Waals surface area contributed by atoms with Crippen LogP contribution in [0.15, 0.2) is 0 Å². The van der Waals surface area contributed by atoms with Crippen LogP contribution in [0.5, 0.6) is 0 Å². The van der Waals surface area contributed by atoms with Crippen molar-refractivity contribution in [1.29, 1.82) is 0 Å². The van der Waals surface area contributed by atoms with E-state index in [4.69, 9.17) is 10.5 Å². The summed E-state index contributed by atoms with van der Waals surface area (Å²) in [6, 6.07) is 0. The number of ether oxygens (including phenoxy) is 1. The topological polar surface area (TPSA) is 72.6 Å². The number of nitrogens with two attached hydrogens (primary N) is 1. The molecular weight excluding hydrogens is 276 g/mol. The van der Waals surface area contributed by atoms with Crippen molar-refractivity contribution in [3.63, 3.8) is 0 Å². The molecule has 0 unspecified atom stereocenters. The molecule has 2 N–H and O–H groups in total. The molecule has 1 aliphatic rings. The van der Waals surface area contributed by atoms with E-state index in [0.29, 0.717) is 16.4 Å². The lowest BCUT2D eigenvalue weighted by molar-refractivity contribution is 0.0529. The standard InChI is InChI=1S/C14H20N2O3S/c1-4-19-14(18)10-11(15)12(8(2)17)20-13(10)16(3)7-9-5-6-9/h9H,4-7,15H2,1-3H3. The van der Waals surface area contributed by atoms with Gasteiger partial charge in [0.05, 0.1) is 17.2 Å². The number of rotatable bonds is 6. The van der Waals surface area contributed by atoms with Gasteiger partial charge < -0.3 is 15.4 Å². The molecule has 1 fully saturated rings. The van der Waals surface area contributed by atoms with Crippen molar-refractivity contribution in [2.75, 3.05) is 30.8 Å². The van der Waals surface area contributed by atoms with Crippen LogP contribution in [-0.4, -0.2) is 32.0 Å². The summed E-state index contributed by atoms with van der Waals surface area (Å²) < 4.78 is 5.06. The Balaban J connectivity index is 2.38. The molecule has 110 valence electrons. The Morgan fingerprint density at radius 3 is 2.60 bits per heavy atom. The van der Waals surface area contributed by atoms with Crippen LogP contribution in [0.4, 0.5) is 10.7 Å². The zero-order valence-corrected chi connectivity index (χ0v) is 12.9. The maximum Gasteiger partial charge on any atom is 0.343 e. The van der Waals surface area contributed by atoms with Crippen LogP contribution in [0.25, 0.3) is 0 Å². The number of carbonyl (C=O) groups excluding carboxylic acids is 2. The quantitative estimate of drug-likeness (QED) is 0.645. The summed E-state index contributed by atoms with van der Waals surface area (Å²) in [5, 5.41) is 0.734. The second-order valence-corrected chi connectivity index (χ2v) is 6.12. The van der Waals surface area contributed by atoms with Gasteiger partial charge in [-0.25, -0.2) is 4.79 Å². The van der Waals surface area contributed by atoms with Crippen LogP contribution in [0.3, 0.4) is 0 Å². The first-order valence-corrected chi connectivity index (χ1v) is 7.58. The van der Waals surface area contributed by atoms with Crippen molar-refractivity contribution < 1.29 is 14.3 Å². The zero-order valence-electron chi connectivity index (χ0n) is 12.1. The molecule has 1 aromatic rings. The Morgan fingerprint density at radius 2 is 2.10 bits per heavy atom. The minimum absolute atomic E-state index is 0.121. The molecule has 0 radical (unpaired) electrons. The smallest absolute Gasteiger partial charge is 0.343 e. The van der Waals surface area contributed by atoms with Crippen LogP contribution < -0.4 is 10.6 Å². The maximum absolute atomic E-state index is 12.1. The molecule has 0 spiro atoms. The number of nitrogens with zero attached hydrogens (tertiary/aromatic N) is 1. The van der Waals surface area contributed by atoms with Gasteiger partial charge in [0.2, 0.25) is 0 Å². The summed E-state index contributed by atoms with van der Waals surface area (Å²) in [6.45, 7) is 4.38. The fraction of sp³-hybridized carbons (Fsp3) is 0.571. The van der Waals surface area contributed by atoms with Gasteiger partial charge in [-0.2, -0.15) is 0 Å². The van der Waals surface area contributed by atoms with Crippen molar-refractivity contribution >= 4 is 33.8 Å². The van der Waals surface area contributed by atoms with E-state index in [9.17, 15) is 9.59 Å². The van der Waals surface area contributed by atoms with Crippen LogP contribution in [0.2, 0.25) is 0 Å². The number of carbonyl (C=O) groups is 2. The Bertz CT molecular complexity index is 535. The van der Waals surface area contributed by atoms with Crippen molar-refractivity contribution in [3.05, 3.63) is 10.4 Å². The average molecular weight is 296 g/mol. The predicted octanol–water partition coefficient (Wildman–Crippen LogP) is 2.56. The highest BCUT2D eigenvalue weighted by atomic mass is 32.1. The van der Waals surface area contributed by atoms with E-state index < -0.39 is 5.97 Å². The highest BCUT2D eigenvalue weighted by molar-refractivity contribution is 7.19. The van der Waals surface area contributed by atoms with Crippen LogP contribution >= 0.6 is 11.3 Å². The lowest BCUT2D eigenvalue weighted by Crippen LogP contribution is -2.21. The number of esters is 1. The third-order valence-corrected chi connectivity index (χ3v) is 4.72. The minimum atomic E-state index is -0.452. The third-order valence-electron chi connectivity index (χ3n) is 3.30. The lowest BCUT2D eigenvalue weighted by atomic mass is 10.2. The van der Waals surface area contributed by atoms with Crippen molar-refractivity contribution in [1.82, 2.24) is 0 Å². The number of hydrogen-bond acceptors (Lipinski definition) is 6. The molecule has 2 rings (SSSR count). The van der Waals surface area contributed by atoms with Gasteiger partial charge in [-0.15, -0.1) is 11.3 Å². The summed E-state index contributed by atoms with van der Waals surface area (Å²) in [6.07, 6.45) is 2.44. The van der Waals surface area contributed by atoms with Crippen LogP contribution in [0, 0.1) is 5.92 Å². The fourth-order valence-electron chi connectivity index (χ4n) is 2.13. The summed E-state index contributed by atoms with van der Waals surface area (Å²) >= 11 is 1.28. The molecule has 0 aliphatic heterocycles. The lowest BCUT2D eigenvalue weighted by Gasteiger charge is -2.18. The van der Waals surface area contributed by atoms with E-state index in [2.05, 4.69) is 0 Å². The van der Waals surface area contributed by atoms with Crippen molar-refractivity contribution in [2.24, 2.45) is 5.92 Å². The van der Waals surface area contributed by atoms with Gasteiger partial charge in [-0.05, 0) is 25.7 Å². The number of ketones is 1. The first-order chi connectivity index (χ1) is 9.45. The van der Waals surface area contributed by atoms with Gasteiger partial charge in [0.15, 0.2) is 5.78 Å². The molecule has 1 aliphatic carbocycles. The van der Waals surface area contributed by atoms with Gasteiger partial charge in [0.25, 0.3) is 0 Å². The average Bonchev–Trinajstić information content (AvgIpc) is 3.10. The van der Waals surface area contributed by atoms with E-state index in [1.807, 2.05) is 11.9 Å². The van der Waals surface area contributed by atoms with Crippen LogP contribution in [0.1, 0.15) is 46.7 Å². The molecule has 5 nitrogen and oxygen atoms in total. The van der Waals surface area contributed by atoms with Crippen molar-refractivity contribution in [3.8, 4) is 0 Å². The van der Waals surface area contributed by atoms with E-state index in [-0.39, 0.29) is 18.1 Å². The normalized spacial score (nSPS) is 14.2. The summed E-state index contributed by atoms with van der Waals surface area (Å²) in [7, 11) is 1.93. The SMILES string of the molecule is CCOC(=O)c1c(N(C)CC2CC2)sc(C(C)=O)c1N. The van der Waals surface area contributed by atoms with Gasteiger partial charge in [0.1, 0.15) is 10.6 Å². The zero-order chi connectivity index (χ0) is 14.9. The maximum atomic E-state index is 12.1. The summed E-state index contributed by atoms with van der Waals surface area (Å²) in [5.41, 5.74) is 6.57. The first-order valence-electron chi connectivity index (χ1n) is 6.77. The van der Waals surface area contributed by atoms with Gasteiger partial charge in [0, 0.05) is 20.5 Å². The van der Waals surface area contributed by atoms with Crippen LogP contribution in [-0.2, 0) is 4.74 Å². The van der Waals surface area contributed by atoms with E-state index in [1.54, 1.807) is 6.92 Å². The number of Topliss-reactive ketones (excluding diaryl/α,β-unsaturated/α-hetero) is 1. The highest BCUT2D eigenvalue weighted by Gasteiger charge is 2.30. The number of thiophene rings is 1. The minimum Gasteiger partial charge on any atom is -0.462 e. The largest absolute Gasteiger partial charge is 0.462 e. The number of hydrogen-bond donors (Lipinski definition) is 1. The van der Waals surface area contributed by atoms with Gasteiger partial charge in [-0.1, -0.05) is 0 Å². The second kappa shape index (κ2) is 5.83. The first kappa shape index (κ1) is 14.8. The summed E-state index contributed by atoms with van der Waals surface area (Å²) in [4.78, 5) is 26.2. The molecule has 1 aromatic heterocycles. The molecule has 0 atom stereocenters. The molecule has 1 heterocycles. The Morgan fingerprint density at radius 1 is 1.45 bits per heavy atom. The summed E-state index contributed by atoms with van der Waals surface area (Å²) in [5.74, 6) is 0.106. The van der Waals surface area contributed by atoms with E-state index in [1.165, 1.54) is 31.1 Å². The Kier molecular flexibility index (Phi) is 4.32. The predicted molar refractivity (Wildman–Crippen MR) is 80.7 cm³/mol. The molecule has 0 bridgehead atoms. The Hall–Kier alpha value is -1.56. The Labute approximate surface area is 122 Å². The number of anilines is 2. The molecule has 0 amide bonds. The molecule has 20 heavy (non-hydrogen) atoms. The van der Waals surface area contributed by atoms with E-state index >= 15 is 0 Å². The van der Waals surface area contributed by atoms with E-state index in [0.717, 1.165) is 11.5 Å².